The van der Waals surface area contributed by atoms with Gasteiger partial charge in [-0.15, -0.1) is 11.3 Å². The minimum atomic E-state index is -1.16. The van der Waals surface area contributed by atoms with Gasteiger partial charge in [-0.1, -0.05) is 18.2 Å². The lowest BCUT2D eigenvalue weighted by Crippen LogP contribution is -2.22. The molecule has 0 radical (unpaired) electrons. The van der Waals surface area contributed by atoms with Crippen molar-refractivity contribution in [2.75, 3.05) is 5.32 Å². The van der Waals surface area contributed by atoms with Crippen LogP contribution >= 0.6 is 27.3 Å². The van der Waals surface area contributed by atoms with E-state index >= 15 is 0 Å². The zero-order chi connectivity index (χ0) is 20.0. The van der Waals surface area contributed by atoms with Crippen LogP contribution in [0.4, 0.5) is 14.5 Å². The number of benzene rings is 2. The van der Waals surface area contributed by atoms with Crippen molar-refractivity contribution in [2.45, 2.75) is 12.3 Å². The van der Waals surface area contributed by atoms with Crippen LogP contribution < -0.4 is 5.32 Å². The molecule has 0 spiro atoms. The van der Waals surface area contributed by atoms with E-state index in [4.69, 9.17) is 0 Å². The number of carbonyl (C=O) groups is 2. The average molecular weight is 464 g/mol. The highest BCUT2D eigenvalue weighted by Gasteiger charge is 2.34. The molecule has 28 heavy (non-hydrogen) atoms. The number of rotatable bonds is 3. The van der Waals surface area contributed by atoms with Crippen LogP contribution in [0.15, 0.2) is 46.9 Å². The number of anilines is 1. The van der Waals surface area contributed by atoms with Gasteiger partial charge in [-0.05, 0) is 51.3 Å². The molecule has 4 nitrogen and oxygen atoms in total. The number of thiophene rings is 1. The Kier molecular flexibility index (Phi) is 4.76. The number of hydrogen-bond acceptors (Lipinski definition) is 3. The van der Waals surface area contributed by atoms with Crippen molar-refractivity contribution in [3.05, 3.63) is 73.9 Å². The number of amides is 1. The number of halogens is 3. The van der Waals surface area contributed by atoms with Crippen LogP contribution in [-0.4, -0.2) is 17.0 Å². The predicted molar refractivity (Wildman–Crippen MR) is 106 cm³/mol. The first-order chi connectivity index (χ1) is 13.3. The van der Waals surface area contributed by atoms with Gasteiger partial charge in [0.15, 0.2) is 0 Å². The first kappa shape index (κ1) is 18.8. The van der Waals surface area contributed by atoms with Crippen molar-refractivity contribution < 1.29 is 23.5 Å². The summed E-state index contributed by atoms with van der Waals surface area (Å²) in [4.78, 5) is 24.9. The van der Waals surface area contributed by atoms with Crippen molar-refractivity contribution in [1.29, 1.82) is 0 Å². The fraction of sp³-hybridized carbons (Fsp3) is 0.100. The van der Waals surface area contributed by atoms with Crippen LogP contribution in [0.5, 0.6) is 0 Å². The van der Waals surface area contributed by atoms with E-state index in [1.165, 1.54) is 24.3 Å². The summed E-state index contributed by atoms with van der Waals surface area (Å²) >= 11 is 4.19. The zero-order valence-electron chi connectivity index (χ0n) is 14.1. The minimum Gasteiger partial charge on any atom is -0.477 e. The number of carboxylic acid groups (broad SMARTS) is 1. The van der Waals surface area contributed by atoms with E-state index in [9.17, 15) is 23.5 Å². The average Bonchev–Trinajstić information content (AvgIpc) is 3.03. The highest BCUT2D eigenvalue weighted by molar-refractivity contribution is 9.10. The van der Waals surface area contributed by atoms with Gasteiger partial charge in [0.25, 0.3) is 0 Å². The SMILES string of the molecule is O=C1C[C@@H](c2ccc(F)c(Br)c2)c2sc(C(=O)O)c(-c3cccc(F)c3)c2N1. The van der Waals surface area contributed by atoms with Gasteiger partial charge in [0.05, 0.1) is 10.2 Å². The Morgan fingerprint density at radius 3 is 2.68 bits per heavy atom. The predicted octanol–water partition coefficient (Wildman–Crippen LogP) is 5.63. The lowest BCUT2D eigenvalue weighted by Gasteiger charge is -2.24. The van der Waals surface area contributed by atoms with Gasteiger partial charge in [-0.25, -0.2) is 13.6 Å². The Morgan fingerprint density at radius 1 is 1.21 bits per heavy atom. The molecule has 2 heterocycles. The summed E-state index contributed by atoms with van der Waals surface area (Å²) in [6.07, 6.45) is 0.104. The third-order valence-electron chi connectivity index (χ3n) is 4.56. The fourth-order valence-corrected chi connectivity index (χ4v) is 5.00. The van der Waals surface area contributed by atoms with Gasteiger partial charge in [0, 0.05) is 22.8 Å². The standard InChI is InChI=1S/C20H12BrF2NO3S/c21-13-7-9(4-5-14(13)23)12-8-15(25)24-17-16(10-2-1-3-11(22)6-10)19(20(26)27)28-18(12)17/h1-7,12H,8H2,(H,24,25)(H,26,27)/t12-/m0/s1. The van der Waals surface area contributed by atoms with Gasteiger partial charge in [-0.3, -0.25) is 4.79 Å². The van der Waals surface area contributed by atoms with Crippen LogP contribution in [0.2, 0.25) is 0 Å². The Hall–Kier alpha value is -2.58. The molecule has 0 saturated heterocycles. The summed E-state index contributed by atoms with van der Waals surface area (Å²) < 4.78 is 27.6. The molecule has 3 aromatic rings. The molecule has 2 aromatic carbocycles. The molecular formula is C20H12BrF2NO3S. The first-order valence-corrected chi connectivity index (χ1v) is 9.87. The molecule has 0 aliphatic carbocycles. The normalized spacial score (nSPS) is 15.8. The van der Waals surface area contributed by atoms with Gasteiger partial charge in [-0.2, -0.15) is 0 Å². The highest BCUT2D eigenvalue weighted by Crippen LogP contribution is 2.49. The molecule has 8 heteroatoms. The van der Waals surface area contributed by atoms with E-state index in [-0.39, 0.29) is 27.2 Å². The van der Waals surface area contributed by atoms with E-state index in [1.807, 2.05) is 0 Å². The number of hydrogen-bond donors (Lipinski definition) is 2. The lowest BCUT2D eigenvalue weighted by molar-refractivity contribution is -0.116. The number of aromatic carboxylic acids is 1. The van der Waals surface area contributed by atoms with Crippen molar-refractivity contribution in [3.63, 3.8) is 0 Å². The maximum atomic E-state index is 13.8. The largest absolute Gasteiger partial charge is 0.477 e. The topological polar surface area (TPSA) is 66.4 Å². The van der Waals surface area contributed by atoms with Crippen LogP contribution in [0.3, 0.4) is 0 Å². The van der Waals surface area contributed by atoms with Crippen molar-refractivity contribution >= 4 is 44.8 Å². The summed E-state index contributed by atoms with van der Waals surface area (Å²) in [5.74, 6) is -2.81. The minimum absolute atomic E-state index is 0.0176. The summed E-state index contributed by atoms with van der Waals surface area (Å²) in [6, 6.07) is 10.0. The molecule has 1 aliphatic rings. The molecule has 142 valence electrons. The zero-order valence-corrected chi connectivity index (χ0v) is 16.5. The van der Waals surface area contributed by atoms with E-state index in [0.29, 0.717) is 21.7 Å². The molecule has 1 aromatic heterocycles. The summed E-state index contributed by atoms with van der Waals surface area (Å²) in [5.41, 5.74) is 1.71. The second-order valence-electron chi connectivity index (χ2n) is 6.34. The smallest absolute Gasteiger partial charge is 0.346 e. The van der Waals surface area contributed by atoms with E-state index < -0.39 is 23.5 Å². The highest BCUT2D eigenvalue weighted by atomic mass is 79.9. The second-order valence-corrected chi connectivity index (χ2v) is 8.25. The molecule has 2 N–H and O–H groups in total. The Labute approximate surface area is 171 Å². The molecule has 0 fully saturated rings. The third kappa shape index (κ3) is 3.22. The molecular weight excluding hydrogens is 452 g/mol. The number of fused-ring (bicyclic) bond motifs is 1. The molecule has 0 saturated carbocycles. The molecule has 4 rings (SSSR count). The van der Waals surface area contributed by atoms with Gasteiger partial charge >= 0.3 is 5.97 Å². The maximum absolute atomic E-state index is 13.8. The van der Waals surface area contributed by atoms with E-state index in [2.05, 4.69) is 21.2 Å². The lowest BCUT2D eigenvalue weighted by atomic mass is 9.88. The van der Waals surface area contributed by atoms with Crippen LogP contribution in [0.1, 0.15) is 32.5 Å². The second kappa shape index (κ2) is 7.10. The number of carboxylic acids is 1. The van der Waals surface area contributed by atoms with Crippen LogP contribution in [0, 0.1) is 11.6 Å². The van der Waals surface area contributed by atoms with Crippen molar-refractivity contribution in [1.82, 2.24) is 0 Å². The van der Waals surface area contributed by atoms with E-state index in [0.717, 1.165) is 11.3 Å². The Morgan fingerprint density at radius 2 is 2.00 bits per heavy atom. The summed E-state index contributed by atoms with van der Waals surface area (Å²) in [7, 11) is 0. The maximum Gasteiger partial charge on any atom is 0.346 e. The molecule has 1 amide bonds. The monoisotopic (exact) mass is 463 g/mol. The number of nitrogens with one attached hydrogen (secondary N) is 1. The molecule has 0 unspecified atom stereocenters. The Bertz CT molecular complexity index is 1130. The van der Waals surface area contributed by atoms with Gasteiger partial charge < -0.3 is 10.4 Å². The van der Waals surface area contributed by atoms with Gasteiger partial charge in [0.1, 0.15) is 16.5 Å². The van der Waals surface area contributed by atoms with Gasteiger partial charge in [0.2, 0.25) is 5.91 Å². The fourth-order valence-electron chi connectivity index (χ4n) is 3.36. The molecule has 1 atom stereocenters. The molecule has 0 bridgehead atoms. The van der Waals surface area contributed by atoms with Crippen LogP contribution in [0.25, 0.3) is 11.1 Å². The third-order valence-corrected chi connectivity index (χ3v) is 6.46. The van der Waals surface area contributed by atoms with E-state index in [1.54, 1.807) is 18.2 Å². The van der Waals surface area contributed by atoms with Crippen molar-refractivity contribution in [2.24, 2.45) is 0 Å². The van der Waals surface area contributed by atoms with Crippen LogP contribution in [-0.2, 0) is 4.79 Å². The number of carbonyl (C=O) groups excluding carboxylic acids is 1. The summed E-state index contributed by atoms with van der Waals surface area (Å²) in [5, 5.41) is 12.4. The quantitative estimate of drug-likeness (QED) is 0.528. The first-order valence-electron chi connectivity index (χ1n) is 8.26. The summed E-state index contributed by atoms with van der Waals surface area (Å²) in [6.45, 7) is 0. The Balaban J connectivity index is 1.94. The molecule has 1 aliphatic heterocycles. The van der Waals surface area contributed by atoms with Crippen molar-refractivity contribution in [3.8, 4) is 11.1 Å².